The number of fused-ring (bicyclic) bond motifs is 5. The summed E-state index contributed by atoms with van der Waals surface area (Å²) in [4.78, 5) is 12.5. The Morgan fingerprint density at radius 2 is 1.30 bits per heavy atom. The summed E-state index contributed by atoms with van der Waals surface area (Å²) >= 11 is 0. The number of para-hydroxylation sites is 1. The van der Waals surface area contributed by atoms with Gasteiger partial charge in [-0.3, -0.25) is 4.90 Å². The molecule has 0 N–H and O–H groups in total. The summed E-state index contributed by atoms with van der Waals surface area (Å²) < 4.78 is 13.5. The van der Waals surface area contributed by atoms with Crippen LogP contribution in [0.2, 0.25) is 0 Å². The topological polar surface area (TPSA) is 47.0 Å². The molecular weight excluding hydrogens is 578 g/mol. The summed E-state index contributed by atoms with van der Waals surface area (Å²) in [7, 11) is 0. The second kappa shape index (κ2) is 9.80. The summed E-state index contributed by atoms with van der Waals surface area (Å²) in [5.74, 6) is 3.11. The van der Waals surface area contributed by atoms with Crippen LogP contribution in [0.1, 0.15) is 80.5 Å². The highest BCUT2D eigenvalue weighted by Gasteiger charge is 2.67. The van der Waals surface area contributed by atoms with Crippen LogP contribution in [0.3, 0.4) is 0 Å². The lowest BCUT2D eigenvalue weighted by molar-refractivity contribution is 0.0192. The lowest BCUT2D eigenvalue weighted by atomic mass is 9.69. The van der Waals surface area contributed by atoms with Gasteiger partial charge in [0, 0.05) is 39.8 Å². The van der Waals surface area contributed by atoms with E-state index in [2.05, 4.69) is 151 Å². The molecule has 3 heterocycles. The van der Waals surface area contributed by atoms with Gasteiger partial charge in [0.25, 0.3) is 0 Å². The maximum absolute atomic E-state index is 6.87. The SMILES string of the molecule is Cc1cc(Oc2cc(C)cc(N3c4ccccc4C(C)(C)c4cccnc43)c2)cc(C2=N[C@]3(C)C(C)(C)c4ccccc4[C@]3(C)O2)c1. The standard InChI is InChI=1S/C42H41N3O2/c1-26-20-28(38-44-42(8)40(5,6)32-14-9-10-15-33(32)41(42,7)47-38)24-30(22-26)46-31-23-27(2)21-29(25-31)45-36-18-12-11-16-34(36)39(3,4)35-17-13-19-43-37(35)45/h9-25H,1-8H3/t41-,42+/m0/s1. The fourth-order valence-electron chi connectivity index (χ4n) is 8.27. The van der Waals surface area contributed by atoms with E-state index in [0.29, 0.717) is 5.90 Å². The number of rotatable bonds is 4. The van der Waals surface area contributed by atoms with E-state index < -0.39 is 11.1 Å². The number of aryl methyl sites for hydroxylation is 2. The van der Waals surface area contributed by atoms with E-state index in [1.165, 1.54) is 22.3 Å². The molecule has 5 nitrogen and oxygen atoms in total. The highest BCUT2D eigenvalue weighted by atomic mass is 16.5. The molecule has 5 aromatic rings. The summed E-state index contributed by atoms with van der Waals surface area (Å²) in [6.45, 7) is 17.7. The Hall–Kier alpha value is -4.90. The fraction of sp³-hybridized carbons (Fsp3) is 0.286. The van der Waals surface area contributed by atoms with E-state index in [4.69, 9.17) is 19.5 Å². The fourth-order valence-corrected chi connectivity index (χ4v) is 8.27. The molecule has 0 unspecified atom stereocenters. The minimum atomic E-state index is -0.567. The number of hydrogen-bond donors (Lipinski definition) is 0. The van der Waals surface area contributed by atoms with Crippen molar-refractivity contribution < 1.29 is 9.47 Å². The largest absolute Gasteiger partial charge is 0.464 e. The van der Waals surface area contributed by atoms with Crippen molar-refractivity contribution in [2.24, 2.45) is 4.99 Å². The molecule has 0 saturated heterocycles. The molecule has 0 spiro atoms. The van der Waals surface area contributed by atoms with E-state index in [-0.39, 0.29) is 10.8 Å². The summed E-state index contributed by atoms with van der Waals surface area (Å²) in [5, 5.41) is 0. The molecule has 0 bridgehead atoms. The third kappa shape index (κ3) is 4.08. The van der Waals surface area contributed by atoms with Gasteiger partial charge in [-0.15, -0.1) is 0 Å². The maximum Gasteiger partial charge on any atom is 0.217 e. The van der Waals surface area contributed by atoms with Gasteiger partial charge in [0.15, 0.2) is 5.60 Å². The Balaban J connectivity index is 1.17. The highest BCUT2D eigenvalue weighted by Crippen LogP contribution is 2.61. The van der Waals surface area contributed by atoms with Crippen molar-refractivity contribution >= 4 is 23.1 Å². The molecule has 8 rings (SSSR count). The Morgan fingerprint density at radius 3 is 2.06 bits per heavy atom. The molecule has 0 radical (unpaired) electrons. The third-order valence-electron chi connectivity index (χ3n) is 11.2. The number of pyridine rings is 1. The Labute approximate surface area is 277 Å². The van der Waals surface area contributed by atoms with Crippen LogP contribution in [0.25, 0.3) is 0 Å². The first kappa shape index (κ1) is 29.5. The Morgan fingerprint density at radius 1 is 0.660 bits per heavy atom. The van der Waals surface area contributed by atoms with Crippen LogP contribution in [0.4, 0.5) is 17.2 Å². The first-order valence-electron chi connectivity index (χ1n) is 16.5. The second-order valence-electron chi connectivity index (χ2n) is 14.8. The van der Waals surface area contributed by atoms with E-state index in [1.54, 1.807) is 0 Å². The second-order valence-corrected chi connectivity index (χ2v) is 14.8. The number of benzene rings is 4. The minimum Gasteiger partial charge on any atom is -0.464 e. The van der Waals surface area contributed by atoms with E-state index >= 15 is 0 Å². The lowest BCUT2D eigenvalue weighted by Crippen LogP contribution is -2.49. The molecule has 4 aromatic carbocycles. The molecule has 1 aliphatic carbocycles. The van der Waals surface area contributed by atoms with Gasteiger partial charge in [-0.05, 0) is 92.4 Å². The zero-order valence-corrected chi connectivity index (χ0v) is 28.5. The van der Waals surface area contributed by atoms with E-state index in [1.807, 2.05) is 12.3 Å². The van der Waals surface area contributed by atoms with Crippen molar-refractivity contribution in [1.29, 1.82) is 0 Å². The van der Waals surface area contributed by atoms with Crippen LogP contribution in [0.5, 0.6) is 11.5 Å². The average molecular weight is 620 g/mol. The van der Waals surface area contributed by atoms with Crippen LogP contribution in [0, 0.1) is 13.8 Å². The van der Waals surface area contributed by atoms with Gasteiger partial charge >= 0.3 is 0 Å². The van der Waals surface area contributed by atoms with E-state index in [9.17, 15) is 0 Å². The summed E-state index contributed by atoms with van der Waals surface area (Å²) in [6.07, 6.45) is 1.87. The van der Waals surface area contributed by atoms with Crippen molar-refractivity contribution in [1.82, 2.24) is 4.98 Å². The predicted octanol–water partition coefficient (Wildman–Crippen LogP) is 10.3. The maximum atomic E-state index is 6.87. The first-order valence-corrected chi connectivity index (χ1v) is 16.5. The molecular formula is C42H41N3O2. The highest BCUT2D eigenvalue weighted by molar-refractivity contribution is 5.97. The molecule has 2 atom stereocenters. The van der Waals surface area contributed by atoms with Crippen LogP contribution in [0.15, 0.2) is 108 Å². The Kier molecular flexibility index (Phi) is 6.15. The molecule has 0 amide bonds. The van der Waals surface area contributed by atoms with Crippen LogP contribution >= 0.6 is 0 Å². The first-order chi connectivity index (χ1) is 22.3. The van der Waals surface area contributed by atoms with Gasteiger partial charge in [0.05, 0.1) is 11.4 Å². The zero-order chi connectivity index (χ0) is 32.9. The molecule has 3 aliphatic rings. The summed E-state index contributed by atoms with van der Waals surface area (Å²) in [5.41, 5.74) is 8.81. The lowest BCUT2D eigenvalue weighted by Gasteiger charge is -2.41. The number of nitrogens with zero attached hydrogens (tertiary/aromatic N) is 3. The van der Waals surface area contributed by atoms with Gasteiger partial charge in [-0.1, -0.05) is 76.2 Å². The molecule has 47 heavy (non-hydrogen) atoms. The molecule has 0 fully saturated rings. The monoisotopic (exact) mass is 619 g/mol. The molecule has 1 aromatic heterocycles. The van der Waals surface area contributed by atoms with Gasteiger partial charge < -0.3 is 9.47 Å². The van der Waals surface area contributed by atoms with Crippen LogP contribution in [-0.4, -0.2) is 16.4 Å². The number of ether oxygens (including phenoxy) is 2. The molecule has 2 aliphatic heterocycles. The zero-order valence-electron chi connectivity index (χ0n) is 28.5. The molecule has 236 valence electrons. The average Bonchev–Trinajstić information content (AvgIpc) is 3.39. The van der Waals surface area contributed by atoms with Crippen molar-refractivity contribution in [3.8, 4) is 11.5 Å². The molecule has 0 saturated carbocycles. The van der Waals surface area contributed by atoms with Gasteiger partial charge in [0.2, 0.25) is 5.90 Å². The summed E-state index contributed by atoms with van der Waals surface area (Å²) in [6, 6.07) is 34.1. The van der Waals surface area contributed by atoms with Crippen molar-refractivity contribution in [3.63, 3.8) is 0 Å². The van der Waals surface area contributed by atoms with Crippen molar-refractivity contribution in [2.45, 2.75) is 77.4 Å². The predicted molar refractivity (Wildman–Crippen MR) is 190 cm³/mol. The van der Waals surface area contributed by atoms with Crippen molar-refractivity contribution in [3.05, 3.63) is 142 Å². The third-order valence-corrected chi connectivity index (χ3v) is 11.2. The van der Waals surface area contributed by atoms with Crippen molar-refractivity contribution in [2.75, 3.05) is 4.90 Å². The smallest absolute Gasteiger partial charge is 0.217 e. The number of hydrogen-bond acceptors (Lipinski definition) is 5. The van der Waals surface area contributed by atoms with Crippen LogP contribution in [-0.2, 0) is 21.2 Å². The minimum absolute atomic E-state index is 0.174. The van der Waals surface area contributed by atoms with Gasteiger partial charge in [-0.2, -0.15) is 0 Å². The van der Waals surface area contributed by atoms with E-state index in [0.717, 1.165) is 45.4 Å². The van der Waals surface area contributed by atoms with Crippen LogP contribution < -0.4 is 9.64 Å². The normalized spacial score (nSPS) is 22.8. The quantitative estimate of drug-likeness (QED) is 0.201. The number of aromatic nitrogens is 1. The van der Waals surface area contributed by atoms with Gasteiger partial charge in [0.1, 0.15) is 22.9 Å². The number of anilines is 3. The molecule has 5 heteroatoms. The van der Waals surface area contributed by atoms with Gasteiger partial charge in [-0.25, -0.2) is 9.98 Å². The number of aliphatic imine (C=N–C) groups is 1. The Bertz CT molecular complexity index is 2080.